The Balaban J connectivity index is 1.28. The molecule has 1 aromatic carbocycles. The van der Waals surface area contributed by atoms with Gasteiger partial charge in [-0.05, 0) is 96.3 Å². The van der Waals surface area contributed by atoms with Crippen LogP contribution in [0.3, 0.4) is 0 Å². The molecule has 304 valence electrons. The van der Waals surface area contributed by atoms with E-state index >= 15 is 4.79 Å². The molecule has 1 saturated heterocycles. The lowest BCUT2D eigenvalue weighted by Crippen LogP contribution is -2.60. The van der Waals surface area contributed by atoms with Crippen LogP contribution >= 0.6 is 0 Å². The van der Waals surface area contributed by atoms with Crippen LogP contribution in [0.5, 0.6) is 11.5 Å². The highest BCUT2D eigenvalue weighted by molar-refractivity contribution is 7.91. The molecule has 3 aliphatic heterocycles. The van der Waals surface area contributed by atoms with E-state index in [1.807, 2.05) is 51.1 Å². The van der Waals surface area contributed by atoms with Gasteiger partial charge >= 0.3 is 6.09 Å². The predicted octanol–water partition coefficient (Wildman–Crippen LogP) is 5.00. The van der Waals surface area contributed by atoms with E-state index in [-0.39, 0.29) is 31.7 Å². The largest absolute Gasteiger partial charge is 0.497 e. The van der Waals surface area contributed by atoms with E-state index in [1.54, 1.807) is 21.0 Å². The number of methoxy groups -OCH3 is 1. The number of nitrogens with zero attached hydrogens (tertiary/aromatic N) is 3. The molecule has 4 amide bonds. The van der Waals surface area contributed by atoms with Crippen molar-refractivity contribution < 1.29 is 42.2 Å². The van der Waals surface area contributed by atoms with Crippen molar-refractivity contribution in [1.29, 1.82) is 0 Å². The molecule has 3 N–H and O–H groups in total. The number of carbonyl (C=O) groups excluding carboxylic acids is 3. The number of rotatable bonds is 7. The molecule has 2 saturated carbocycles. The summed E-state index contributed by atoms with van der Waals surface area (Å²) in [4.78, 5) is 64.3. The summed E-state index contributed by atoms with van der Waals surface area (Å²) in [5, 5.41) is 14.4. The van der Waals surface area contributed by atoms with Gasteiger partial charge in [-0.25, -0.2) is 18.2 Å². The molecule has 1 spiro atoms. The van der Waals surface area contributed by atoms with E-state index in [2.05, 4.69) is 10.0 Å². The maximum absolute atomic E-state index is 15.1. The highest BCUT2D eigenvalue weighted by atomic mass is 32.2. The van der Waals surface area contributed by atoms with Crippen LogP contribution < -0.4 is 19.5 Å². The number of pyridine rings is 1. The van der Waals surface area contributed by atoms with Crippen molar-refractivity contribution >= 4 is 44.7 Å². The predicted molar refractivity (Wildman–Crippen MR) is 209 cm³/mol. The van der Waals surface area contributed by atoms with Gasteiger partial charge in [0.25, 0.3) is 5.91 Å². The number of allylic oxidation sites excluding steroid dienone is 1. The second kappa shape index (κ2) is 14.5. The SMILES string of the molecule is COc1ccc2nc(C)c3c(c2c1)CC[C@]1(C[C@H]2C(=O)N[C@]4(C(=O)NS(=O)(=O)C5(C)CC5)C[C@H]4/C=C\CCCCC[C@H](N(C(=O)O)[C@H](C)C(C)C)C(=O)N2C1)O3. The van der Waals surface area contributed by atoms with E-state index in [0.717, 1.165) is 29.3 Å². The third-order valence-corrected chi connectivity index (χ3v) is 15.3. The minimum atomic E-state index is -4.01. The first-order chi connectivity index (χ1) is 26.4. The molecule has 7 rings (SSSR count). The van der Waals surface area contributed by atoms with Gasteiger partial charge in [-0.2, -0.15) is 0 Å². The van der Waals surface area contributed by atoms with Gasteiger partial charge in [0.1, 0.15) is 34.7 Å². The number of sulfonamides is 1. The van der Waals surface area contributed by atoms with Crippen molar-refractivity contribution in [1.82, 2.24) is 24.8 Å². The Morgan fingerprint density at radius 2 is 1.88 bits per heavy atom. The number of hydrogen-bond donors (Lipinski definition) is 3. The van der Waals surface area contributed by atoms with Crippen LogP contribution in [0.15, 0.2) is 30.4 Å². The third-order valence-electron chi connectivity index (χ3n) is 13.1. The minimum Gasteiger partial charge on any atom is -0.497 e. The van der Waals surface area contributed by atoms with Crippen LogP contribution in [0.25, 0.3) is 10.9 Å². The van der Waals surface area contributed by atoms with Gasteiger partial charge in [0.05, 0.1) is 29.6 Å². The first-order valence-corrected chi connectivity index (χ1v) is 21.5. The molecule has 14 nitrogen and oxygen atoms in total. The van der Waals surface area contributed by atoms with E-state index in [1.165, 1.54) is 9.80 Å². The van der Waals surface area contributed by atoms with Crippen LogP contribution in [0.4, 0.5) is 4.79 Å². The van der Waals surface area contributed by atoms with Gasteiger partial charge in [-0.15, -0.1) is 0 Å². The van der Waals surface area contributed by atoms with Crippen molar-refractivity contribution in [3.8, 4) is 11.5 Å². The van der Waals surface area contributed by atoms with Crippen LogP contribution in [-0.4, -0.2) is 99.8 Å². The summed E-state index contributed by atoms with van der Waals surface area (Å²) < 4.78 is 40.1. The minimum absolute atomic E-state index is 0.00816. The molecule has 56 heavy (non-hydrogen) atoms. The van der Waals surface area contributed by atoms with Gasteiger partial charge < -0.3 is 24.8 Å². The summed E-state index contributed by atoms with van der Waals surface area (Å²) in [7, 11) is -2.41. The van der Waals surface area contributed by atoms with Crippen LogP contribution in [-0.2, 0) is 30.8 Å². The number of carbonyl (C=O) groups is 4. The molecule has 5 aliphatic rings. The number of hydrogen-bond acceptors (Lipinski definition) is 9. The number of benzene rings is 1. The van der Waals surface area contributed by atoms with Crippen molar-refractivity contribution in [3.63, 3.8) is 0 Å². The molecule has 1 aromatic heterocycles. The van der Waals surface area contributed by atoms with E-state index in [4.69, 9.17) is 14.5 Å². The highest BCUT2D eigenvalue weighted by Crippen LogP contribution is 2.49. The number of carboxylic acid groups (broad SMARTS) is 1. The van der Waals surface area contributed by atoms with Crippen LogP contribution in [0.1, 0.15) is 103 Å². The summed E-state index contributed by atoms with van der Waals surface area (Å²) in [6, 6.07) is 2.97. The van der Waals surface area contributed by atoms with Gasteiger partial charge in [0, 0.05) is 29.3 Å². The normalized spacial score (nSPS) is 29.8. The fraction of sp³-hybridized carbons (Fsp3) is 0.634. The molecule has 3 fully saturated rings. The Hall–Kier alpha value is -4.40. The highest BCUT2D eigenvalue weighted by Gasteiger charge is 2.64. The van der Waals surface area contributed by atoms with Gasteiger partial charge in [-0.3, -0.25) is 24.0 Å². The van der Waals surface area contributed by atoms with Gasteiger partial charge in [0.15, 0.2) is 0 Å². The molecule has 6 atom stereocenters. The fourth-order valence-corrected chi connectivity index (χ4v) is 10.1. The lowest BCUT2D eigenvalue weighted by molar-refractivity contribution is -0.144. The number of aryl methyl sites for hydroxylation is 2. The zero-order chi connectivity index (χ0) is 40.4. The van der Waals surface area contributed by atoms with Gasteiger partial charge in [-0.1, -0.05) is 38.8 Å². The second-order valence-electron chi connectivity index (χ2n) is 17.3. The third kappa shape index (κ3) is 7.08. The maximum atomic E-state index is 15.1. The van der Waals surface area contributed by atoms with E-state index < -0.39 is 73.8 Å². The Labute approximate surface area is 328 Å². The number of aromatic nitrogens is 1. The quantitative estimate of drug-likeness (QED) is 0.323. The zero-order valence-corrected chi connectivity index (χ0v) is 34.0. The average molecular weight is 794 g/mol. The van der Waals surface area contributed by atoms with Crippen LogP contribution in [0, 0.1) is 18.8 Å². The van der Waals surface area contributed by atoms with Crippen molar-refractivity contribution in [3.05, 3.63) is 41.6 Å². The monoisotopic (exact) mass is 793 g/mol. The van der Waals surface area contributed by atoms with Crippen molar-refractivity contribution in [2.45, 2.75) is 139 Å². The Kier molecular flexibility index (Phi) is 10.3. The molecule has 0 unspecified atom stereocenters. The van der Waals surface area contributed by atoms with Crippen LogP contribution in [0.2, 0.25) is 0 Å². The number of amides is 4. The molecule has 0 bridgehead atoms. The Morgan fingerprint density at radius 3 is 2.55 bits per heavy atom. The Bertz CT molecular complexity index is 2080. The molecular formula is C41H55N5O9S. The van der Waals surface area contributed by atoms with E-state index in [9.17, 15) is 27.9 Å². The molecular weight excluding hydrogens is 739 g/mol. The van der Waals surface area contributed by atoms with Crippen molar-refractivity contribution in [2.75, 3.05) is 13.7 Å². The Morgan fingerprint density at radius 1 is 1.12 bits per heavy atom. The molecule has 0 radical (unpaired) electrons. The first kappa shape index (κ1) is 39.8. The standard InChI is InChI=1S/C41H55N5O9S/c1-24(2)26(4)46(38(50)51)32-13-11-9-7-8-10-12-27-21-41(27,37(49)44-56(52,53)39(5)18-19-39)43-35(47)33-22-40(23-45(33)36(32)48)17-16-29-30-20-28(54-6)14-15-31(30)42-25(3)34(29)55-40/h10,12,14-15,20,24,26-27,32-33H,7-9,11,13,16-19,21-23H2,1-6H3,(H,43,47)(H,44,49)(H,50,51)/b12-10-/t26-,27-,32+,33+,40-,41-/m1/s1. The molecule has 2 aliphatic carbocycles. The summed E-state index contributed by atoms with van der Waals surface area (Å²) in [6.45, 7) is 9.08. The van der Waals surface area contributed by atoms with Gasteiger partial charge in [0.2, 0.25) is 21.8 Å². The van der Waals surface area contributed by atoms with Crippen molar-refractivity contribution in [2.24, 2.45) is 11.8 Å². The fourth-order valence-electron chi connectivity index (χ4n) is 8.81. The topological polar surface area (TPSA) is 185 Å². The number of fused-ring (bicyclic) bond motifs is 5. The molecule has 2 aromatic rings. The summed E-state index contributed by atoms with van der Waals surface area (Å²) in [5.41, 5.74) is -0.161. The molecule has 15 heteroatoms. The smallest absolute Gasteiger partial charge is 0.408 e. The summed E-state index contributed by atoms with van der Waals surface area (Å²) in [5.74, 6) is -1.19. The second-order valence-corrected chi connectivity index (χ2v) is 19.5. The molecule has 4 heterocycles. The average Bonchev–Trinajstić information content (AvgIpc) is 4.04. The first-order valence-electron chi connectivity index (χ1n) is 20.0. The number of nitrogens with one attached hydrogen (secondary N) is 2. The van der Waals surface area contributed by atoms with E-state index in [0.29, 0.717) is 55.7 Å². The lowest BCUT2D eigenvalue weighted by atomic mass is 9.87. The maximum Gasteiger partial charge on any atom is 0.408 e. The lowest BCUT2D eigenvalue weighted by Gasteiger charge is -2.39. The number of ether oxygens (including phenoxy) is 2. The zero-order valence-electron chi connectivity index (χ0n) is 33.2. The summed E-state index contributed by atoms with van der Waals surface area (Å²) >= 11 is 0. The summed E-state index contributed by atoms with van der Waals surface area (Å²) in [6.07, 6.45) is 7.82.